The maximum absolute atomic E-state index is 12.9. The third kappa shape index (κ3) is 3.36. The van der Waals surface area contributed by atoms with Crippen molar-refractivity contribution in [2.45, 2.75) is 19.9 Å². The fourth-order valence-corrected chi connectivity index (χ4v) is 3.77. The molecule has 1 aliphatic rings. The van der Waals surface area contributed by atoms with E-state index in [1.54, 1.807) is 10.9 Å². The van der Waals surface area contributed by atoms with Crippen LogP contribution in [0, 0.1) is 6.92 Å². The van der Waals surface area contributed by atoms with E-state index in [0.717, 1.165) is 36.6 Å². The molecule has 0 saturated carbocycles. The highest BCUT2D eigenvalue weighted by Crippen LogP contribution is 2.27. The van der Waals surface area contributed by atoms with E-state index in [9.17, 15) is 4.79 Å². The molecule has 0 atom stereocenters. The second kappa shape index (κ2) is 7.18. The smallest absolute Gasteiger partial charge is 0.259 e. The lowest BCUT2D eigenvalue weighted by molar-refractivity contribution is 0.102. The highest BCUT2D eigenvalue weighted by molar-refractivity contribution is 6.32. The molecule has 0 aliphatic carbocycles. The largest absolute Gasteiger partial charge is 0.322 e. The molecule has 138 valence electrons. The van der Waals surface area contributed by atoms with Gasteiger partial charge in [-0.15, -0.1) is 0 Å². The first-order valence-electron chi connectivity index (χ1n) is 8.95. The summed E-state index contributed by atoms with van der Waals surface area (Å²) in [5, 5.41) is 8.04. The lowest BCUT2D eigenvalue weighted by Crippen LogP contribution is -2.27. The van der Waals surface area contributed by atoms with Crippen LogP contribution in [0.15, 0.2) is 48.7 Å². The highest BCUT2D eigenvalue weighted by Gasteiger charge is 2.20. The van der Waals surface area contributed by atoms with E-state index in [1.165, 1.54) is 11.1 Å². The zero-order valence-corrected chi connectivity index (χ0v) is 16.1. The fraction of sp³-hybridized carbons (Fsp3) is 0.238. The number of carbonyl (C=O) groups is 1. The Morgan fingerprint density at radius 1 is 1.19 bits per heavy atom. The van der Waals surface area contributed by atoms with Crippen molar-refractivity contribution in [2.24, 2.45) is 0 Å². The quantitative estimate of drug-likeness (QED) is 0.745. The number of likely N-dealkylation sites (N-methyl/N-ethyl adjacent to an activating group) is 1. The molecule has 0 spiro atoms. The van der Waals surface area contributed by atoms with Crippen molar-refractivity contribution in [1.82, 2.24) is 14.7 Å². The molecule has 0 radical (unpaired) electrons. The van der Waals surface area contributed by atoms with Crippen molar-refractivity contribution >= 4 is 23.2 Å². The van der Waals surface area contributed by atoms with Crippen molar-refractivity contribution in [3.8, 4) is 5.69 Å². The standard InChI is InChI=1S/C21H21ClN4O/c1-14-17(12-23-26(14)20-9-4-3-7-18(20)22)21(27)24-19-8-5-6-15-13-25(2)11-10-16(15)19/h3-9,12H,10-11,13H2,1-2H3,(H,24,27). The van der Waals surface area contributed by atoms with E-state index < -0.39 is 0 Å². The van der Waals surface area contributed by atoms with Crippen LogP contribution >= 0.6 is 11.6 Å². The van der Waals surface area contributed by atoms with Gasteiger partial charge >= 0.3 is 0 Å². The van der Waals surface area contributed by atoms with Gasteiger partial charge in [0.2, 0.25) is 0 Å². The maximum Gasteiger partial charge on any atom is 0.259 e. The van der Waals surface area contributed by atoms with E-state index in [-0.39, 0.29) is 5.91 Å². The van der Waals surface area contributed by atoms with Crippen molar-refractivity contribution < 1.29 is 4.79 Å². The molecule has 1 N–H and O–H groups in total. The van der Waals surface area contributed by atoms with E-state index >= 15 is 0 Å². The summed E-state index contributed by atoms with van der Waals surface area (Å²) in [6.45, 7) is 3.77. The Bertz CT molecular complexity index is 1010. The van der Waals surface area contributed by atoms with Gasteiger partial charge < -0.3 is 10.2 Å². The number of hydrogen-bond acceptors (Lipinski definition) is 3. The maximum atomic E-state index is 12.9. The van der Waals surface area contributed by atoms with Crippen LogP contribution in [-0.2, 0) is 13.0 Å². The normalized spacial score (nSPS) is 14.0. The first-order valence-corrected chi connectivity index (χ1v) is 9.32. The molecule has 4 rings (SSSR count). The van der Waals surface area contributed by atoms with Gasteiger partial charge in [-0.3, -0.25) is 4.79 Å². The van der Waals surface area contributed by atoms with E-state index in [2.05, 4.69) is 28.4 Å². The average Bonchev–Trinajstić information content (AvgIpc) is 3.03. The number of anilines is 1. The molecule has 6 heteroatoms. The fourth-order valence-electron chi connectivity index (χ4n) is 3.56. The molecule has 1 aromatic heterocycles. The molecule has 3 aromatic rings. The molecule has 27 heavy (non-hydrogen) atoms. The summed E-state index contributed by atoms with van der Waals surface area (Å²) in [5.74, 6) is -0.155. The monoisotopic (exact) mass is 380 g/mol. The molecule has 0 fully saturated rings. The van der Waals surface area contributed by atoms with E-state index in [1.807, 2.05) is 43.3 Å². The second-order valence-electron chi connectivity index (χ2n) is 6.89. The summed E-state index contributed by atoms with van der Waals surface area (Å²) in [4.78, 5) is 15.2. The summed E-state index contributed by atoms with van der Waals surface area (Å²) in [6.07, 6.45) is 2.53. The number of nitrogens with zero attached hydrogens (tertiary/aromatic N) is 3. The van der Waals surface area contributed by atoms with E-state index in [4.69, 9.17) is 11.6 Å². The molecule has 5 nitrogen and oxygen atoms in total. The minimum atomic E-state index is -0.155. The zero-order chi connectivity index (χ0) is 19.0. The number of para-hydroxylation sites is 1. The number of rotatable bonds is 3. The third-order valence-corrected chi connectivity index (χ3v) is 5.36. The van der Waals surface area contributed by atoms with E-state index in [0.29, 0.717) is 10.6 Å². The molecule has 0 bridgehead atoms. The number of nitrogens with one attached hydrogen (secondary N) is 1. The minimum absolute atomic E-state index is 0.155. The van der Waals surface area contributed by atoms with Crippen molar-refractivity contribution in [2.75, 3.05) is 18.9 Å². The first kappa shape index (κ1) is 17.8. The lowest BCUT2D eigenvalue weighted by Gasteiger charge is -2.26. The van der Waals surface area contributed by atoms with Gasteiger partial charge in [-0.2, -0.15) is 5.10 Å². The van der Waals surface area contributed by atoms with Crippen molar-refractivity contribution in [3.05, 3.63) is 76.1 Å². The first-order chi connectivity index (χ1) is 13.0. The Balaban J connectivity index is 1.62. The SMILES string of the molecule is Cc1c(C(=O)Nc2cccc3c2CCN(C)C3)cnn1-c1ccccc1Cl. The van der Waals surface area contributed by atoms with Gasteiger partial charge in [0.1, 0.15) is 0 Å². The van der Waals surface area contributed by atoms with Gasteiger partial charge in [-0.25, -0.2) is 4.68 Å². The predicted molar refractivity (Wildman–Crippen MR) is 108 cm³/mol. The Labute approximate surface area is 163 Å². The lowest BCUT2D eigenvalue weighted by atomic mass is 9.98. The van der Waals surface area contributed by atoms with Crippen LogP contribution in [0.1, 0.15) is 27.2 Å². The van der Waals surface area contributed by atoms with Crippen LogP contribution in [0.5, 0.6) is 0 Å². The number of aromatic nitrogens is 2. The Morgan fingerprint density at radius 3 is 2.81 bits per heavy atom. The second-order valence-corrected chi connectivity index (χ2v) is 7.30. The summed E-state index contributed by atoms with van der Waals surface area (Å²) in [6, 6.07) is 13.5. The summed E-state index contributed by atoms with van der Waals surface area (Å²) in [5.41, 5.74) is 5.43. The molecular weight excluding hydrogens is 360 g/mol. The van der Waals surface area contributed by atoms with Crippen LogP contribution in [0.4, 0.5) is 5.69 Å². The Morgan fingerprint density at radius 2 is 2.00 bits per heavy atom. The van der Waals surface area contributed by atoms with Crippen LogP contribution in [0.2, 0.25) is 5.02 Å². The number of amides is 1. The van der Waals surface area contributed by atoms with Gasteiger partial charge in [-0.05, 0) is 49.7 Å². The molecule has 2 aromatic carbocycles. The summed E-state index contributed by atoms with van der Waals surface area (Å²) in [7, 11) is 2.11. The molecule has 0 saturated heterocycles. The predicted octanol–water partition coefficient (Wildman–Crippen LogP) is 4.07. The summed E-state index contributed by atoms with van der Waals surface area (Å²) >= 11 is 6.28. The van der Waals surface area contributed by atoms with Gasteiger partial charge in [0, 0.05) is 18.8 Å². The van der Waals surface area contributed by atoms with Crippen LogP contribution in [-0.4, -0.2) is 34.2 Å². The number of benzene rings is 2. The average molecular weight is 381 g/mol. The molecule has 0 unspecified atom stereocenters. The number of hydrogen-bond donors (Lipinski definition) is 1. The summed E-state index contributed by atoms with van der Waals surface area (Å²) < 4.78 is 1.70. The third-order valence-electron chi connectivity index (χ3n) is 5.04. The number of halogens is 1. The van der Waals surface area contributed by atoms with Gasteiger partial charge in [0.25, 0.3) is 5.91 Å². The molecule has 2 heterocycles. The van der Waals surface area contributed by atoms with Gasteiger partial charge in [-0.1, -0.05) is 35.9 Å². The highest BCUT2D eigenvalue weighted by atomic mass is 35.5. The van der Waals surface area contributed by atoms with Crippen LogP contribution in [0.3, 0.4) is 0 Å². The Hall–Kier alpha value is -2.63. The van der Waals surface area contributed by atoms with Crippen molar-refractivity contribution in [3.63, 3.8) is 0 Å². The number of fused-ring (bicyclic) bond motifs is 1. The molecular formula is C21H21ClN4O. The topological polar surface area (TPSA) is 50.2 Å². The molecule has 1 amide bonds. The van der Waals surface area contributed by atoms with Crippen LogP contribution in [0.25, 0.3) is 5.69 Å². The van der Waals surface area contributed by atoms with Crippen LogP contribution < -0.4 is 5.32 Å². The molecule has 1 aliphatic heterocycles. The van der Waals surface area contributed by atoms with Gasteiger partial charge in [0.05, 0.1) is 28.2 Å². The van der Waals surface area contributed by atoms with Gasteiger partial charge in [0.15, 0.2) is 0 Å². The minimum Gasteiger partial charge on any atom is -0.322 e. The number of carbonyl (C=O) groups excluding carboxylic acids is 1. The Kier molecular flexibility index (Phi) is 4.72. The van der Waals surface area contributed by atoms with Crippen molar-refractivity contribution in [1.29, 1.82) is 0 Å². The zero-order valence-electron chi connectivity index (χ0n) is 15.4.